The van der Waals surface area contributed by atoms with Crippen LogP contribution in [0.25, 0.3) is 0 Å². The molecule has 0 radical (unpaired) electrons. The Morgan fingerprint density at radius 3 is 2.21 bits per heavy atom. The minimum Gasteiger partial charge on any atom is -0.368 e. The number of carbonyl (C=O) groups is 2. The normalized spacial score (nSPS) is 14.2. The van der Waals surface area contributed by atoms with E-state index < -0.39 is 0 Å². The minimum atomic E-state index is -0.117. The molecule has 0 aliphatic carbocycles. The molecule has 2 aromatic carbocycles. The van der Waals surface area contributed by atoms with Gasteiger partial charge >= 0.3 is 0 Å². The van der Waals surface area contributed by atoms with Gasteiger partial charge in [0.05, 0.1) is 0 Å². The molecule has 0 saturated carbocycles. The predicted octanol–water partition coefficient (Wildman–Crippen LogP) is 3.82. The monoisotopic (exact) mass is 393 g/mol. The first-order valence-corrected chi connectivity index (χ1v) is 10.3. The van der Waals surface area contributed by atoms with Crippen LogP contribution < -0.4 is 9.80 Å². The molecule has 0 atom stereocenters. The van der Waals surface area contributed by atoms with Crippen molar-refractivity contribution in [1.82, 2.24) is 4.90 Å². The summed E-state index contributed by atoms with van der Waals surface area (Å²) in [4.78, 5) is 30.8. The molecule has 2 amide bonds. The summed E-state index contributed by atoms with van der Waals surface area (Å²) in [5, 5.41) is 0. The number of carbonyl (C=O) groups excluding carboxylic acids is 2. The Morgan fingerprint density at radius 1 is 1.00 bits per heavy atom. The maximum absolute atomic E-state index is 12.9. The third-order valence-corrected chi connectivity index (χ3v) is 5.54. The van der Waals surface area contributed by atoms with Crippen LogP contribution in [0.4, 0.5) is 11.4 Å². The van der Waals surface area contributed by atoms with Crippen molar-refractivity contribution in [3.63, 3.8) is 0 Å². The summed E-state index contributed by atoms with van der Waals surface area (Å²) in [5.41, 5.74) is 4.43. The van der Waals surface area contributed by atoms with Crippen molar-refractivity contribution in [1.29, 1.82) is 0 Å². The summed E-state index contributed by atoms with van der Waals surface area (Å²) < 4.78 is 0. The molecule has 0 unspecified atom stereocenters. The number of nitrogens with zero attached hydrogens (tertiary/aromatic N) is 3. The fourth-order valence-electron chi connectivity index (χ4n) is 3.70. The molecule has 0 aromatic heterocycles. The molecule has 154 valence electrons. The lowest BCUT2D eigenvalue weighted by Crippen LogP contribution is -2.51. The smallest absolute Gasteiger partial charge is 0.242 e. The summed E-state index contributed by atoms with van der Waals surface area (Å²) in [6.07, 6.45) is 0. The lowest BCUT2D eigenvalue weighted by atomic mass is 10.0. The van der Waals surface area contributed by atoms with Gasteiger partial charge in [-0.1, -0.05) is 38.1 Å². The van der Waals surface area contributed by atoms with Gasteiger partial charge < -0.3 is 14.7 Å². The Bertz CT molecular complexity index is 853. The van der Waals surface area contributed by atoms with Gasteiger partial charge in [-0.05, 0) is 48.2 Å². The highest BCUT2D eigenvalue weighted by atomic mass is 16.2. The third-order valence-electron chi connectivity index (χ3n) is 5.54. The van der Waals surface area contributed by atoms with E-state index in [1.807, 2.05) is 29.2 Å². The van der Waals surface area contributed by atoms with Gasteiger partial charge in [0.25, 0.3) is 0 Å². The van der Waals surface area contributed by atoms with Crippen LogP contribution in [0.3, 0.4) is 0 Å². The van der Waals surface area contributed by atoms with Crippen LogP contribution >= 0.6 is 0 Å². The molecule has 5 heteroatoms. The van der Waals surface area contributed by atoms with Gasteiger partial charge in [-0.3, -0.25) is 9.59 Å². The van der Waals surface area contributed by atoms with Crippen molar-refractivity contribution in [2.75, 3.05) is 42.5 Å². The number of benzene rings is 2. The number of aryl methyl sites for hydroxylation is 1. The molecule has 2 aromatic rings. The number of hydrogen-bond donors (Lipinski definition) is 0. The second kappa shape index (κ2) is 9.12. The molecule has 0 N–H and O–H groups in total. The van der Waals surface area contributed by atoms with Gasteiger partial charge in [0.1, 0.15) is 6.54 Å². The van der Waals surface area contributed by atoms with Crippen LogP contribution in [0.15, 0.2) is 48.5 Å². The summed E-state index contributed by atoms with van der Waals surface area (Å²) in [6.45, 7) is 10.9. The van der Waals surface area contributed by atoms with Crippen molar-refractivity contribution >= 4 is 23.2 Å². The first kappa shape index (κ1) is 20.9. The van der Waals surface area contributed by atoms with E-state index in [2.05, 4.69) is 49.9 Å². The molecule has 1 aliphatic rings. The van der Waals surface area contributed by atoms with Gasteiger partial charge in [-0.25, -0.2) is 0 Å². The third kappa shape index (κ3) is 5.17. The molecule has 1 aliphatic heterocycles. The summed E-state index contributed by atoms with van der Waals surface area (Å²) in [5.74, 6) is 0.312. The number of rotatable bonds is 5. The highest BCUT2D eigenvalue weighted by Gasteiger charge is 2.24. The SMILES string of the molecule is CC(=O)N(CC(=O)N1CCN(c2cccc(C)c2)CC1)c1ccc(C(C)C)cc1. The van der Waals surface area contributed by atoms with E-state index in [1.54, 1.807) is 4.90 Å². The Labute approximate surface area is 173 Å². The topological polar surface area (TPSA) is 43.9 Å². The minimum absolute atomic E-state index is 0.00275. The van der Waals surface area contributed by atoms with Crippen LogP contribution in [-0.4, -0.2) is 49.4 Å². The lowest BCUT2D eigenvalue weighted by Gasteiger charge is -2.37. The summed E-state index contributed by atoms with van der Waals surface area (Å²) in [7, 11) is 0. The average molecular weight is 394 g/mol. The first-order valence-electron chi connectivity index (χ1n) is 10.3. The quantitative estimate of drug-likeness (QED) is 0.776. The van der Waals surface area contributed by atoms with Crippen LogP contribution in [0.1, 0.15) is 37.8 Å². The van der Waals surface area contributed by atoms with E-state index in [1.165, 1.54) is 23.7 Å². The van der Waals surface area contributed by atoms with Gasteiger partial charge in [-0.15, -0.1) is 0 Å². The van der Waals surface area contributed by atoms with Crippen molar-refractivity contribution < 1.29 is 9.59 Å². The van der Waals surface area contributed by atoms with Crippen molar-refractivity contribution in [2.45, 2.75) is 33.6 Å². The van der Waals surface area contributed by atoms with Crippen LogP contribution in [0.2, 0.25) is 0 Å². The fourth-order valence-corrected chi connectivity index (χ4v) is 3.70. The largest absolute Gasteiger partial charge is 0.368 e. The zero-order valence-electron chi connectivity index (χ0n) is 17.9. The van der Waals surface area contributed by atoms with Crippen molar-refractivity contribution in [3.8, 4) is 0 Å². The molecule has 3 rings (SSSR count). The Morgan fingerprint density at radius 2 is 1.66 bits per heavy atom. The predicted molar refractivity (Wildman–Crippen MR) is 119 cm³/mol. The van der Waals surface area contributed by atoms with Gasteiger partial charge in [0.15, 0.2) is 0 Å². The molecular formula is C24H31N3O2. The maximum Gasteiger partial charge on any atom is 0.242 e. The zero-order valence-corrected chi connectivity index (χ0v) is 17.9. The molecule has 29 heavy (non-hydrogen) atoms. The standard InChI is InChI=1S/C24H31N3O2/c1-18(2)21-8-10-22(11-9-21)27(20(4)28)17-24(29)26-14-12-25(13-15-26)23-7-5-6-19(3)16-23/h5-11,16,18H,12-15,17H2,1-4H3. The van der Waals surface area contributed by atoms with Crippen molar-refractivity contribution in [3.05, 3.63) is 59.7 Å². The van der Waals surface area contributed by atoms with Gasteiger partial charge in [0.2, 0.25) is 11.8 Å². The van der Waals surface area contributed by atoms with Crippen LogP contribution in [-0.2, 0) is 9.59 Å². The van der Waals surface area contributed by atoms with E-state index >= 15 is 0 Å². The molecule has 0 spiro atoms. The molecule has 1 fully saturated rings. The Kier molecular flexibility index (Phi) is 6.57. The molecule has 1 heterocycles. The number of piperazine rings is 1. The van der Waals surface area contributed by atoms with E-state index in [4.69, 9.17) is 0 Å². The second-order valence-corrected chi connectivity index (χ2v) is 8.06. The lowest BCUT2D eigenvalue weighted by molar-refractivity contribution is -0.131. The highest BCUT2D eigenvalue weighted by molar-refractivity contribution is 5.97. The van der Waals surface area contributed by atoms with Gasteiger partial charge in [0, 0.05) is 44.5 Å². The zero-order chi connectivity index (χ0) is 21.0. The van der Waals surface area contributed by atoms with E-state index in [9.17, 15) is 9.59 Å². The molecule has 0 bridgehead atoms. The number of hydrogen-bond acceptors (Lipinski definition) is 3. The molecular weight excluding hydrogens is 362 g/mol. The van der Waals surface area contributed by atoms with Crippen LogP contribution in [0.5, 0.6) is 0 Å². The maximum atomic E-state index is 12.9. The van der Waals surface area contributed by atoms with E-state index in [0.717, 1.165) is 18.8 Å². The van der Waals surface area contributed by atoms with E-state index in [0.29, 0.717) is 19.0 Å². The average Bonchev–Trinajstić information content (AvgIpc) is 2.72. The van der Waals surface area contributed by atoms with Gasteiger partial charge in [-0.2, -0.15) is 0 Å². The number of amides is 2. The highest BCUT2D eigenvalue weighted by Crippen LogP contribution is 2.21. The molecule has 1 saturated heterocycles. The Hall–Kier alpha value is -2.82. The van der Waals surface area contributed by atoms with Crippen LogP contribution in [0, 0.1) is 6.92 Å². The fraction of sp³-hybridized carbons (Fsp3) is 0.417. The summed E-state index contributed by atoms with van der Waals surface area (Å²) >= 11 is 0. The van der Waals surface area contributed by atoms with E-state index in [-0.39, 0.29) is 18.4 Å². The molecule has 5 nitrogen and oxygen atoms in total. The first-order chi connectivity index (χ1) is 13.8. The number of anilines is 2. The summed E-state index contributed by atoms with van der Waals surface area (Å²) in [6, 6.07) is 16.4. The Balaban J connectivity index is 1.61. The second-order valence-electron chi connectivity index (χ2n) is 8.06. The van der Waals surface area contributed by atoms with Crippen molar-refractivity contribution in [2.24, 2.45) is 0 Å².